The van der Waals surface area contributed by atoms with E-state index in [0.29, 0.717) is 41.9 Å². The van der Waals surface area contributed by atoms with E-state index in [2.05, 4.69) is 18.8 Å². The number of aliphatic carboxylic acids is 2. The lowest BCUT2D eigenvalue weighted by molar-refractivity contribution is -0.174. The average molecular weight is 758 g/mol. The number of ether oxygens (including phenoxy) is 3. The minimum Gasteiger partial charge on any atom is -0.481 e. The monoisotopic (exact) mass is 757 g/mol. The van der Waals surface area contributed by atoms with Crippen molar-refractivity contribution in [1.82, 2.24) is 4.90 Å². The first-order chi connectivity index (χ1) is 25.5. The van der Waals surface area contributed by atoms with Crippen molar-refractivity contribution in [1.29, 1.82) is 0 Å². The normalized spacial score (nSPS) is 12.9. The van der Waals surface area contributed by atoms with Gasteiger partial charge in [0.05, 0.1) is 12.3 Å². The third kappa shape index (κ3) is 19.4. The van der Waals surface area contributed by atoms with Crippen LogP contribution in [-0.4, -0.2) is 86.9 Å². The van der Waals surface area contributed by atoms with E-state index < -0.39 is 60.1 Å². The molecule has 300 valence electrons. The van der Waals surface area contributed by atoms with Crippen molar-refractivity contribution < 1.29 is 58.3 Å². The molecule has 1 aromatic carbocycles. The Balaban J connectivity index is 3.17. The zero-order chi connectivity index (χ0) is 40.6. The maximum Gasteiger partial charge on any atom is 0.417 e. The van der Waals surface area contributed by atoms with Gasteiger partial charge in [-0.25, -0.2) is 19.3 Å². The summed E-state index contributed by atoms with van der Waals surface area (Å²) in [4.78, 5) is 76.6. The number of allylic oxidation sites excluding steroid dienone is 1. The van der Waals surface area contributed by atoms with E-state index in [1.165, 1.54) is 12.5 Å². The molecule has 0 saturated carbocycles. The van der Waals surface area contributed by atoms with Crippen molar-refractivity contribution in [2.75, 3.05) is 19.8 Å². The van der Waals surface area contributed by atoms with Crippen LogP contribution in [0.5, 0.6) is 5.75 Å². The molecule has 0 bridgehead atoms. The first-order valence-corrected chi connectivity index (χ1v) is 18.7. The van der Waals surface area contributed by atoms with Gasteiger partial charge in [0.25, 0.3) is 0 Å². The quantitative estimate of drug-likeness (QED) is 0.0394. The van der Waals surface area contributed by atoms with Gasteiger partial charge in [-0.15, -0.1) is 5.92 Å². The SMILES string of the molecule is CC#CCOc1ccc(CCN(C(=O)OCC(=O)OC(C)(C)C)C(=O)[C@@H](/C=C/CCCCCCC(=O)CCCCCCC)[C@@](O)(CC(=O)O)C(=O)O)cc1. The number of rotatable bonds is 26. The molecule has 13 nitrogen and oxygen atoms in total. The number of carboxylic acids is 2. The Bertz CT molecular complexity index is 1450. The van der Waals surface area contributed by atoms with Crippen LogP contribution in [0.1, 0.15) is 124 Å². The summed E-state index contributed by atoms with van der Waals surface area (Å²) in [6, 6.07) is 6.69. The van der Waals surface area contributed by atoms with Gasteiger partial charge in [-0.1, -0.05) is 75.7 Å². The molecular formula is C41H59NO12. The van der Waals surface area contributed by atoms with Crippen LogP contribution in [0.4, 0.5) is 4.79 Å². The largest absolute Gasteiger partial charge is 0.481 e. The topological polar surface area (TPSA) is 194 Å². The highest BCUT2D eigenvalue weighted by molar-refractivity contribution is 5.99. The number of carbonyl (C=O) groups excluding carboxylic acids is 4. The third-order valence-corrected chi connectivity index (χ3v) is 8.29. The molecule has 0 spiro atoms. The smallest absolute Gasteiger partial charge is 0.417 e. The molecule has 13 heteroatoms. The van der Waals surface area contributed by atoms with Crippen LogP contribution in [0.2, 0.25) is 0 Å². The number of unbranched alkanes of at least 4 members (excludes halogenated alkanes) is 8. The van der Waals surface area contributed by atoms with Gasteiger partial charge < -0.3 is 29.5 Å². The molecule has 0 saturated heterocycles. The number of carboxylic acid groups (broad SMARTS) is 2. The molecule has 0 radical (unpaired) electrons. The molecule has 0 fully saturated rings. The number of hydrogen-bond donors (Lipinski definition) is 3. The molecule has 0 aliphatic heterocycles. The predicted octanol–water partition coefficient (Wildman–Crippen LogP) is 6.67. The minimum absolute atomic E-state index is 0.0462. The fourth-order valence-electron chi connectivity index (χ4n) is 5.43. The third-order valence-electron chi connectivity index (χ3n) is 8.29. The summed E-state index contributed by atoms with van der Waals surface area (Å²) < 4.78 is 15.8. The number of nitrogens with zero attached hydrogens (tertiary/aromatic N) is 1. The van der Waals surface area contributed by atoms with Gasteiger partial charge in [0.15, 0.2) is 12.2 Å². The highest BCUT2D eigenvalue weighted by Crippen LogP contribution is 2.28. The van der Waals surface area contributed by atoms with Crippen LogP contribution in [0.25, 0.3) is 0 Å². The molecule has 2 atom stereocenters. The zero-order valence-corrected chi connectivity index (χ0v) is 32.5. The van der Waals surface area contributed by atoms with E-state index in [9.17, 15) is 44.1 Å². The summed E-state index contributed by atoms with van der Waals surface area (Å²) >= 11 is 0. The second kappa shape index (κ2) is 25.3. The van der Waals surface area contributed by atoms with Gasteiger partial charge in [0.2, 0.25) is 5.91 Å². The summed E-state index contributed by atoms with van der Waals surface area (Å²) in [5.74, 6) is -1.56. The van der Waals surface area contributed by atoms with Crippen LogP contribution < -0.4 is 4.74 Å². The Morgan fingerprint density at radius 2 is 1.50 bits per heavy atom. The number of Topliss-reactive ketones (excluding diaryl/α,β-unsaturated/α-hetero) is 1. The second-order valence-corrected chi connectivity index (χ2v) is 14.1. The highest BCUT2D eigenvalue weighted by Gasteiger charge is 2.50. The van der Waals surface area contributed by atoms with Gasteiger partial charge in [0, 0.05) is 19.4 Å². The summed E-state index contributed by atoms with van der Waals surface area (Å²) in [5.41, 5.74) is -3.39. The summed E-state index contributed by atoms with van der Waals surface area (Å²) in [6.45, 7) is 7.60. The van der Waals surface area contributed by atoms with Gasteiger partial charge in [-0.05, 0) is 77.5 Å². The van der Waals surface area contributed by atoms with Crippen LogP contribution in [0.15, 0.2) is 36.4 Å². The Kier molecular flexibility index (Phi) is 22.2. The standard InChI is InChI=1S/C41H59NO12/c1-6-8-10-13-16-19-32(43)20-17-14-11-12-15-18-21-34(41(51,38(48)49)29-35(44)45)37(47)42(39(50)53-30-36(46)54-40(3,4)5)27-26-31-22-24-33(25-23-31)52-28-9-7-2/h18,21-25,34,51H,6,8,10-17,19-20,26-30H2,1-5H3,(H,44,45)(H,48,49)/b21-18+/t34-,41+/m1/s1. The maximum atomic E-state index is 14.1. The van der Waals surface area contributed by atoms with Crippen molar-refractivity contribution in [3.05, 3.63) is 42.0 Å². The van der Waals surface area contributed by atoms with Crippen molar-refractivity contribution in [2.24, 2.45) is 5.92 Å². The van der Waals surface area contributed by atoms with Crippen LogP contribution in [0, 0.1) is 17.8 Å². The molecule has 0 aliphatic rings. The van der Waals surface area contributed by atoms with Crippen LogP contribution in [0.3, 0.4) is 0 Å². The first kappa shape index (κ1) is 47.3. The number of aliphatic hydroxyl groups is 1. The number of esters is 1. The molecule has 54 heavy (non-hydrogen) atoms. The number of amides is 2. The number of ketones is 1. The lowest BCUT2D eigenvalue weighted by Gasteiger charge is -2.32. The number of imide groups is 1. The Labute approximate surface area is 319 Å². The van der Waals surface area contributed by atoms with E-state index in [1.807, 2.05) is 0 Å². The van der Waals surface area contributed by atoms with Gasteiger partial charge >= 0.3 is 24.0 Å². The Morgan fingerprint density at radius 3 is 2.06 bits per heavy atom. The molecule has 0 aromatic heterocycles. The van der Waals surface area contributed by atoms with E-state index in [0.717, 1.165) is 51.0 Å². The molecular weight excluding hydrogens is 698 g/mol. The van der Waals surface area contributed by atoms with Crippen molar-refractivity contribution in [2.45, 2.75) is 136 Å². The van der Waals surface area contributed by atoms with E-state index in [4.69, 9.17) is 14.2 Å². The van der Waals surface area contributed by atoms with E-state index in [-0.39, 0.29) is 25.4 Å². The summed E-state index contributed by atoms with van der Waals surface area (Å²) in [5, 5.41) is 30.8. The predicted molar refractivity (Wildman–Crippen MR) is 202 cm³/mol. The van der Waals surface area contributed by atoms with Gasteiger partial charge in [0.1, 0.15) is 23.7 Å². The Hall–Kier alpha value is -4.70. The lowest BCUT2D eigenvalue weighted by atomic mass is 9.82. The molecule has 0 heterocycles. The molecule has 3 N–H and O–H groups in total. The van der Waals surface area contributed by atoms with Crippen molar-refractivity contribution in [3.8, 4) is 17.6 Å². The highest BCUT2D eigenvalue weighted by atomic mass is 16.6. The lowest BCUT2D eigenvalue weighted by Crippen LogP contribution is -2.55. The molecule has 2 amide bonds. The number of benzene rings is 1. The summed E-state index contributed by atoms with van der Waals surface area (Å²) in [6.07, 6.45) is 9.69. The fourth-order valence-corrected chi connectivity index (χ4v) is 5.43. The fraction of sp³-hybridized carbons (Fsp3) is 0.610. The molecule has 1 rings (SSSR count). The summed E-state index contributed by atoms with van der Waals surface area (Å²) in [7, 11) is 0. The molecule has 1 aromatic rings. The molecule has 0 unspecified atom stereocenters. The Morgan fingerprint density at radius 1 is 0.889 bits per heavy atom. The van der Waals surface area contributed by atoms with Gasteiger partial charge in [-0.2, -0.15) is 0 Å². The van der Waals surface area contributed by atoms with E-state index >= 15 is 0 Å². The van der Waals surface area contributed by atoms with Crippen molar-refractivity contribution in [3.63, 3.8) is 0 Å². The minimum atomic E-state index is -3.14. The second-order valence-electron chi connectivity index (χ2n) is 14.1. The van der Waals surface area contributed by atoms with E-state index in [1.54, 1.807) is 52.0 Å². The van der Waals surface area contributed by atoms with Gasteiger partial charge in [-0.3, -0.25) is 14.4 Å². The van der Waals surface area contributed by atoms with Crippen LogP contribution >= 0.6 is 0 Å². The number of hydrogen-bond acceptors (Lipinski definition) is 10. The molecule has 0 aliphatic carbocycles. The number of carbonyl (C=O) groups is 6. The van der Waals surface area contributed by atoms with Crippen LogP contribution in [-0.2, 0) is 39.9 Å². The average Bonchev–Trinajstić information content (AvgIpc) is 3.09. The zero-order valence-electron chi connectivity index (χ0n) is 32.5. The van der Waals surface area contributed by atoms with Crippen molar-refractivity contribution >= 4 is 35.7 Å². The maximum absolute atomic E-state index is 14.1. The first-order valence-electron chi connectivity index (χ1n) is 18.7.